The first-order valence-electron chi connectivity index (χ1n) is 5.24. The van der Waals surface area contributed by atoms with E-state index in [2.05, 4.69) is 21.4 Å². The third-order valence-electron chi connectivity index (χ3n) is 2.60. The Morgan fingerprint density at radius 3 is 2.67 bits per heavy atom. The maximum absolute atomic E-state index is 13.6. The SMILES string of the molecule is NNC(Cc1ccc(F)cc1F)c1sccc1Br. The van der Waals surface area contributed by atoms with Gasteiger partial charge in [-0.15, -0.1) is 11.3 Å². The summed E-state index contributed by atoms with van der Waals surface area (Å²) in [7, 11) is 0. The first kappa shape index (κ1) is 13.6. The highest BCUT2D eigenvalue weighted by Gasteiger charge is 2.17. The van der Waals surface area contributed by atoms with E-state index in [0.29, 0.717) is 12.0 Å². The molecule has 1 atom stereocenters. The number of hydrogen-bond acceptors (Lipinski definition) is 3. The zero-order chi connectivity index (χ0) is 13.1. The van der Waals surface area contributed by atoms with E-state index in [9.17, 15) is 8.78 Å². The summed E-state index contributed by atoms with van der Waals surface area (Å²) >= 11 is 4.94. The van der Waals surface area contributed by atoms with Crippen molar-refractivity contribution in [2.24, 2.45) is 5.84 Å². The molecule has 2 rings (SSSR count). The molecule has 1 aromatic heterocycles. The number of benzene rings is 1. The van der Waals surface area contributed by atoms with Crippen LogP contribution in [0, 0.1) is 11.6 Å². The molecule has 0 amide bonds. The molecule has 1 unspecified atom stereocenters. The summed E-state index contributed by atoms with van der Waals surface area (Å²) in [6.45, 7) is 0. The smallest absolute Gasteiger partial charge is 0.129 e. The van der Waals surface area contributed by atoms with Gasteiger partial charge >= 0.3 is 0 Å². The Morgan fingerprint density at radius 2 is 2.11 bits per heavy atom. The average molecular weight is 333 g/mol. The van der Waals surface area contributed by atoms with Crippen LogP contribution in [0.4, 0.5) is 8.78 Å². The predicted molar refractivity (Wildman–Crippen MR) is 72.1 cm³/mol. The Balaban J connectivity index is 2.23. The third kappa shape index (κ3) is 2.95. The van der Waals surface area contributed by atoms with E-state index >= 15 is 0 Å². The second-order valence-corrected chi connectivity index (χ2v) is 5.59. The van der Waals surface area contributed by atoms with Crippen LogP contribution < -0.4 is 11.3 Å². The average Bonchev–Trinajstić information content (AvgIpc) is 2.75. The highest BCUT2D eigenvalue weighted by molar-refractivity contribution is 9.10. The lowest BCUT2D eigenvalue weighted by atomic mass is 10.0. The quantitative estimate of drug-likeness (QED) is 0.663. The van der Waals surface area contributed by atoms with Gasteiger partial charge < -0.3 is 0 Å². The normalized spacial score (nSPS) is 12.7. The van der Waals surface area contributed by atoms with Crippen LogP contribution in [0.25, 0.3) is 0 Å². The van der Waals surface area contributed by atoms with Crippen molar-refractivity contribution in [3.05, 3.63) is 56.2 Å². The standard InChI is InChI=1S/C12H11BrF2N2S/c13-9-3-4-18-12(9)11(17-16)5-7-1-2-8(14)6-10(7)15/h1-4,6,11,17H,5,16H2. The molecule has 0 bridgehead atoms. The maximum Gasteiger partial charge on any atom is 0.129 e. The number of thiophene rings is 1. The van der Waals surface area contributed by atoms with Crippen LogP contribution in [0.15, 0.2) is 34.1 Å². The molecule has 0 aliphatic rings. The summed E-state index contributed by atoms with van der Waals surface area (Å²) in [4.78, 5) is 0.987. The molecule has 0 aliphatic carbocycles. The molecule has 18 heavy (non-hydrogen) atoms. The van der Waals surface area contributed by atoms with E-state index in [4.69, 9.17) is 5.84 Å². The highest BCUT2D eigenvalue weighted by Crippen LogP contribution is 2.31. The number of nitrogens with two attached hydrogens (primary N) is 1. The van der Waals surface area contributed by atoms with Gasteiger partial charge in [0.2, 0.25) is 0 Å². The van der Waals surface area contributed by atoms with Gasteiger partial charge in [-0.25, -0.2) is 8.78 Å². The second kappa shape index (κ2) is 5.88. The Morgan fingerprint density at radius 1 is 1.33 bits per heavy atom. The van der Waals surface area contributed by atoms with Crippen LogP contribution >= 0.6 is 27.3 Å². The van der Waals surface area contributed by atoms with Crippen molar-refractivity contribution in [1.82, 2.24) is 5.43 Å². The van der Waals surface area contributed by atoms with Gasteiger partial charge in [0.15, 0.2) is 0 Å². The minimum absolute atomic E-state index is 0.209. The number of nitrogens with one attached hydrogen (secondary N) is 1. The van der Waals surface area contributed by atoms with Gasteiger partial charge in [-0.2, -0.15) is 0 Å². The lowest BCUT2D eigenvalue weighted by Crippen LogP contribution is -2.29. The van der Waals surface area contributed by atoms with Gasteiger partial charge in [0, 0.05) is 15.4 Å². The fourth-order valence-corrected chi connectivity index (χ4v) is 3.40. The van der Waals surface area contributed by atoms with Gasteiger partial charge in [0.25, 0.3) is 0 Å². The lowest BCUT2D eigenvalue weighted by Gasteiger charge is -2.15. The van der Waals surface area contributed by atoms with Crippen molar-refractivity contribution in [2.75, 3.05) is 0 Å². The minimum Gasteiger partial charge on any atom is -0.271 e. The van der Waals surface area contributed by atoms with Crippen LogP contribution in [0.5, 0.6) is 0 Å². The van der Waals surface area contributed by atoms with Crippen LogP contribution in [-0.4, -0.2) is 0 Å². The van der Waals surface area contributed by atoms with Crippen molar-refractivity contribution in [3.63, 3.8) is 0 Å². The minimum atomic E-state index is -0.578. The third-order valence-corrected chi connectivity index (χ3v) is 4.59. The molecule has 3 N–H and O–H groups in total. The summed E-state index contributed by atoms with van der Waals surface area (Å²) in [6.07, 6.45) is 0.363. The molecule has 96 valence electrons. The zero-order valence-electron chi connectivity index (χ0n) is 9.29. The summed E-state index contributed by atoms with van der Waals surface area (Å²) in [6, 6.07) is 5.27. The molecule has 0 fully saturated rings. The first-order chi connectivity index (χ1) is 8.61. The molecule has 0 saturated carbocycles. The van der Waals surface area contributed by atoms with Crippen molar-refractivity contribution in [1.29, 1.82) is 0 Å². The van der Waals surface area contributed by atoms with Crippen molar-refractivity contribution in [3.8, 4) is 0 Å². The Labute approximate surface area is 116 Å². The number of halogens is 3. The molecule has 2 nitrogen and oxygen atoms in total. The lowest BCUT2D eigenvalue weighted by molar-refractivity contribution is 0.526. The van der Waals surface area contributed by atoms with Gasteiger partial charge in [-0.1, -0.05) is 6.07 Å². The van der Waals surface area contributed by atoms with Crippen LogP contribution in [0.2, 0.25) is 0 Å². The van der Waals surface area contributed by atoms with Crippen molar-refractivity contribution in [2.45, 2.75) is 12.5 Å². The molecule has 0 aliphatic heterocycles. The fraction of sp³-hybridized carbons (Fsp3) is 0.167. The molecule has 1 aromatic carbocycles. The molecule has 0 spiro atoms. The van der Waals surface area contributed by atoms with Crippen LogP contribution in [0.1, 0.15) is 16.5 Å². The fourth-order valence-electron chi connectivity index (χ4n) is 1.69. The van der Waals surface area contributed by atoms with Crippen molar-refractivity contribution >= 4 is 27.3 Å². The van der Waals surface area contributed by atoms with Gasteiger partial charge in [-0.3, -0.25) is 11.3 Å². The summed E-state index contributed by atoms with van der Waals surface area (Å²) in [5.74, 6) is 4.37. The Bertz CT molecular complexity index is 545. The maximum atomic E-state index is 13.6. The largest absolute Gasteiger partial charge is 0.271 e. The van der Waals surface area contributed by atoms with E-state index in [1.54, 1.807) is 0 Å². The highest BCUT2D eigenvalue weighted by atomic mass is 79.9. The van der Waals surface area contributed by atoms with Gasteiger partial charge in [-0.05, 0) is 45.4 Å². The first-order valence-corrected chi connectivity index (χ1v) is 6.92. The number of rotatable bonds is 4. The summed E-state index contributed by atoms with van der Waals surface area (Å²) < 4.78 is 27.3. The number of hydrogen-bond donors (Lipinski definition) is 2. The van der Waals surface area contributed by atoms with E-state index in [0.717, 1.165) is 15.4 Å². The Kier molecular flexibility index (Phi) is 4.45. The van der Waals surface area contributed by atoms with E-state index in [1.807, 2.05) is 11.4 Å². The van der Waals surface area contributed by atoms with Crippen molar-refractivity contribution < 1.29 is 8.78 Å². The molecular formula is C12H11BrF2N2S. The van der Waals surface area contributed by atoms with Crippen LogP contribution in [-0.2, 0) is 6.42 Å². The zero-order valence-corrected chi connectivity index (χ0v) is 11.7. The van der Waals surface area contributed by atoms with E-state index < -0.39 is 11.6 Å². The van der Waals surface area contributed by atoms with E-state index in [-0.39, 0.29) is 6.04 Å². The second-order valence-electron chi connectivity index (χ2n) is 3.79. The van der Waals surface area contributed by atoms with Crippen LogP contribution in [0.3, 0.4) is 0 Å². The topological polar surface area (TPSA) is 38.0 Å². The Hall–Kier alpha value is -0.820. The molecule has 0 saturated heterocycles. The predicted octanol–water partition coefficient (Wildman–Crippen LogP) is 3.54. The number of hydrazine groups is 1. The molecule has 2 aromatic rings. The van der Waals surface area contributed by atoms with Gasteiger partial charge in [0.05, 0.1) is 6.04 Å². The summed E-state index contributed by atoms with van der Waals surface area (Å²) in [5.41, 5.74) is 3.09. The molecule has 0 radical (unpaired) electrons. The van der Waals surface area contributed by atoms with Gasteiger partial charge in [0.1, 0.15) is 11.6 Å². The molecule has 6 heteroatoms. The monoisotopic (exact) mass is 332 g/mol. The molecular weight excluding hydrogens is 322 g/mol. The molecule has 1 heterocycles. The summed E-state index contributed by atoms with van der Waals surface area (Å²) in [5, 5.41) is 1.92. The van der Waals surface area contributed by atoms with E-state index in [1.165, 1.54) is 23.5 Å².